The molecule has 1 atom stereocenters. The molecule has 2 N–H and O–H groups in total. The Balaban J connectivity index is 1.43. The van der Waals surface area contributed by atoms with Gasteiger partial charge in [-0.25, -0.2) is 4.79 Å². The molecular weight excluding hydrogens is 312 g/mol. The number of hydrogen-bond donors (Lipinski definition) is 2. The molecule has 2 aromatic carbocycles. The minimum Gasteiger partial charge on any atom is -0.449 e. The van der Waals surface area contributed by atoms with Crippen molar-refractivity contribution in [1.82, 2.24) is 10.6 Å². The van der Waals surface area contributed by atoms with Gasteiger partial charge in [-0.05, 0) is 54.6 Å². The van der Waals surface area contributed by atoms with Crippen LogP contribution >= 0.6 is 0 Å². The van der Waals surface area contributed by atoms with E-state index in [1.165, 1.54) is 22.3 Å². The molecule has 4 heteroatoms. The van der Waals surface area contributed by atoms with Crippen LogP contribution in [0.2, 0.25) is 0 Å². The topological polar surface area (TPSA) is 50.4 Å². The van der Waals surface area contributed by atoms with Crippen molar-refractivity contribution in [3.05, 3.63) is 59.7 Å². The molecule has 1 unspecified atom stereocenters. The molecule has 0 bridgehead atoms. The van der Waals surface area contributed by atoms with E-state index in [4.69, 9.17) is 4.74 Å². The largest absolute Gasteiger partial charge is 0.449 e. The maximum Gasteiger partial charge on any atom is 0.407 e. The predicted molar refractivity (Wildman–Crippen MR) is 98.7 cm³/mol. The van der Waals surface area contributed by atoms with Crippen molar-refractivity contribution in [2.45, 2.75) is 31.2 Å². The van der Waals surface area contributed by atoms with Gasteiger partial charge in [0.15, 0.2) is 0 Å². The number of fused-ring (bicyclic) bond motifs is 3. The van der Waals surface area contributed by atoms with Crippen LogP contribution in [0.25, 0.3) is 11.1 Å². The molecule has 130 valence electrons. The number of amides is 1. The molecule has 0 aromatic heterocycles. The number of carbonyl (C=O) groups is 1. The molecule has 4 nitrogen and oxygen atoms in total. The Kier molecular flexibility index (Phi) is 4.70. The second-order valence-corrected chi connectivity index (χ2v) is 6.85. The van der Waals surface area contributed by atoms with Gasteiger partial charge in [0.05, 0.1) is 0 Å². The van der Waals surface area contributed by atoms with Crippen LogP contribution < -0.4 is 10.6 Å². The highest BCUT2D eigenvalue weighted by atomic mass is 16.5. The highest BCUT2D eigenvalue weighted by Crippen LogP contribution is 2.44. The predicted octanol–water partition coefficient (Wildman–Crippen LogP) is 3.67. The summed E-state index contributed by atoms with van der Waals surface area (Å²) >= 11 is 0. The van der Waals surface area contributed by atoms with Crippen molar-refractivity contribution in [3.63, 3.8) is 0 Å². The highest BCUT2D eigenvalue weighted by Gasteiger charge is 2.29. The number of ether oxygens (including phenoxy) is 1. The summed E-state index contributed by atoms with van der Waals surface area (Å²) < 4.78 is 5.61. The van der Waals surface area contributed by atoms with Gasteiger partial charge in [0, 0.05) is 12.0 Å². The van der Waals surface area contributed by atoms with Gasteiger partial charge in [0.2, 0.25) is 0 Å². The Labute approximate surface area is 148 Å². The van der Waals surface area contributed by atoms with Gasteiger partial charge in [0.1, 0.15) is 6.61 Å². The molecule has 1 amide bonds. The number of rotatable bonds is 3. The Bertz CT molecular complexity index is 706. The Hall–Kier alpha value is -2.33. The first kappa shape index (κ1) is 16.2. The van der Waals surface area contributed by atoms with Crippen LogP contribution in [0.5, 0.6) is 0 Å². The molecule has 0 saturated carbocycles. The summed E-state index contributed by atoms with van der Waals surface area (Å²) in [6.07, 6.45) is 2.77. The molecule has 2 aliphatic rings. The van der Waals surface area contributed by atoms with E-state index in [9.17, 15) is 4.79 Å². The molecule has 0 spiro atoms. The zero-order chi connectivity index (χ0) is 17.1. The zero-order valence-electron chi connectivity index (χ0n) is 14.3. The van der Waals surface area contributed by atoms with Gasteiger partial charge in [-0.1, -0.05) is 48.5 Å². The molecule has 25 heavy (non-hydrogen) atoms. The smallest absolute Gasteiger partial charge is 0.407 e. The maximum absolute atomic E-state index is 12.3. The summed E-state index contributed by atoms with van der Waals surface area (Å²) in [5, 5.41) is 6.39. The maximum atomic E-state index is 12.3. The lowest BCUT2D eigenvalue weighted by molar-refractivity contribution is 0.138. The standard InChI is InChI=1S/C21H24N2O2/c24-21(23-15-6-5-12-22-13-11-15)25-14-20-18-9-3-1-7-16(18)17-8-2-4-10-19(17)20/h1-4,7-10,15,20,22H,5-6,11-14H2,(H,23,24). The van der Waals surface area contributed by atoms with Gasteiger partial charge in [-0.15, -0.1) is 0 Å². The molecule has 4 rings (SSSR count). The van der Waals surface area contributed by atoms with E-state index in [0.717, 1.165) is 32.4 Å². The van der Waals surface area contributed by atoms with E-state index in [0.29, 0.717) is 6.61 Å². The minimum atomic E-state index is -0.297. The van der Waals surface area contributed by atoms with Gasteiger partial charge < -0.3 is 15.4 Å². The fourth-order valence-electron chi connectivity index (χ4n) is 3.97. The third kappa shape index (κ3) is 3.40. The van der Waals surface area contributed by atoms with Crippen molar-refractivity contribution < 1.29 is 9.53 Å². The zero-order valence-corrected chi connectivity index (χ0v) is 14.3. The van der Waals surface area contributed by atoms with E-state index in [1.807, 2.05) is 0 Å². The quantitative estimate of drug-likeness (QED) is 0.899. The molecule has 1 aliphatic carbocycles. The first-order valence-electron chi connectivity index (χ1n) is 9.15. The van der Waals surface area contributed by atoms with Crippen LogP contribution in [0.1, 0.15) is 36.3 Å². The molecule has 0 radical (unpaired) electrons. The highest BCUT2D eigenvalue weighted by molar-refractivity contribution is 5.79. The van der Waals surface area contributed by atoms with E-state index >= 15 is 0 Å². The summed E-state index contributed by atoms with van der Waals surface area (Å²) in [4.78, 5) is 12.3. The molecule has 1 aliphatic heterocycles. The van der Waals surface area contributed by atoms with Crippen LogP contribution in [0.3, 0.4) is 0 Å². The summed E-state index contributed by atoms with van der Waals surface area (Å²) in [5.74, 6) is 0.119. The van der Waals surface area contributed by atoms with Crippen LogP contribution in [0.15, 0.2) is 48.5 Å². The van der Waals surface area contributed by atoms with Crippen molar-refractivity contribution in [1.29, 1.82) is 0 Å². The number of alkyl carbamates (subject to hydrolysis) is 1. The molecule has 1 fully saturated rings. The van der Waals surface area contributed by atoms with Crippen LogP contribution in [-0.2, 0) is 4.74 Å². The molecule has 1 saturated heterocycles. The first-order chi connectivity index (χ1) is 12.3. The van der Waals surface area contributed by atoms with Crippen molar-refractivity contribution >= 4 is 6.09 Å². The Morgan fingerprint density at radius 2 is 1.68 bits per heavy atom. The van der Waals surface area contributed by atoms with Crippen molar-refractivity contribution in [2.24, 2.45) is 0 Å². The second-order valence-electron chi connectivity index (χ2n) is 6.85. The average molecular weight is 336 g/mol. The fraction of sp³-hybridized carbons (Fsp3) is 0.381. The van der Waals surface area contributed by atoms with Crippen LogP contribution in [0, 0.1) is 0 Å². The van der Waals surface area contributed by atoms with Gasteiger partial charge >= 0.3 is 6.09 Å². The monoisotopic (exact) mass is 336 g/mol. The lowest BCUT2D eigenvalue weighted by atomic mass is 9.98. The molecular formula is C21H24N2O2. The lowest BCUT2D eigenvalue weighted by Crippen LogP contribution is -2.36. The van der Waals surface area contributed by atoms with Crippen molar-refractivity contribution in [3.8, 4) is 11.1 Å². The number of hydrogen-bond acceptors (Lipinski definition) is 3. The van der Waals surface area contributed by atoms with Crippen molar-refractivity contribution in [2.75, 3.05) is 19.7 Å². The lowest BCUT2D eigenvalue weighted by Gasteiger charge is -2.18. The normalized spacial score (nSPS) is 19.6. The first-order valence-corrected chi connectivity index (χ1v) is 9.15. The van der Waals surface area contributed by atoms with E-state index < -0.39 is 0 Å². The van der Waals surface area contributed by atoms with E-state index in [1.54, 1.807) is 0 Å². The third-order valence-electron chi connectivity index (χ3n) is 5.24. The number of benzene rings is 2. The second kappa shape index (κ2) is 7.28. The Morgan fingerprint density at radius 1 is 1.00 bits per heavy atom. The van der Waals surface area contributed by atoms with Gasteiger partial charge in [-0.3, -0.25) is 0 Å². The molecule has 2 aromatic rings. The third-order valence-corrected chi connectivity index (χ3v) is 5.24. The minimum absolute atomic E-state index is 0.119. The summed E-state index contributed by atoms with van der Waals surface area (Å²) in [6.45, 7) is 2.36. The summed E-state index contributed by atoms with van der Waals surface area (Å²) in [5.41, 5.74) is 4.99. The average Bonchev–Trinajstić information content (AvgIpc) is 2.77. The van der Waals surface area contributed by atoms with Crippen LogP contribution in [-0.4, -0.2) is 31.8 Å². The fourth-order valence-corrected chi connectivity index (χ4v) is 3.97. The summed E-state index contributed by atoms with van der Waals surface area (Å²) in [7, 11) is 0. The number of nitrogens with one attached hydrogen (secondary N) is 2. The SMILES string of the molecule is O=C(NC1CCCNCC1)OCC1c2ccccc2-c2ccccc21. The number of carbonyl (C=O) groups excluding carboxylic acids is 1. The van der Waals surface area contributed by atoms with E-state index in [2.05, 4.69) is 59.2 Å². The van der Waals surface area contributed by atoms with Gasteiger partial charge in [0.25, 0.3) is 0 Å². The Morgan fingerprint density at radius 3 is 2.40 bits per heavy atom. The van der Waals surface area contributed by atoms with E-state index in [-0.39, 0.29) is 18.1 Å². The molecule has 1 heterocycles. The van der Waals surface area contributed by atoms with Gasteiger partial charge in [-0.2, -0.15) is 0 Å². The van der Waals surface area contributed by atoms with Crippen LogP contribution in [0.4, 0.5) is 4.79 Å². The summed E-state index contributed by atoms with van der Waals surface area (Å²) in [6, 6.07) is 17.0.